The zero-order chi connectivity index (χ0) is 12.4. The molecule has 17 heavy (non-hydrogen) atoms. The van der Waals surface area contributed by atoms with Crippen LogP contribution in [0.3, 0.4) is 0 Å². The molecular formula is C14H15NO2. The van der Waals surface area contributed by atoms with E-state index < -0.39 is 11.9 Å². The zero-order valence-electron chi connectivity index (χ0n) is 9.97. The highest BCUT2D eigenvalue weighted by atomic mass is 16.4. The van der Waals surface area contributed by atoms with Gasteiger partial charge in [0.2, 0.25) is 0 Å². The second-order valence-corrected chi connectivity index (χ2v) is 4.20. The number of nitrogens with zero attached hydrogens (tertiary/aromatic N) is 1. The van der Waals surface area contributed by atoms with Gasteiger partial charge in [0.05, 0.1) is 11.4 Å². The van der Waals surface area contributed by atoms with E-state index in [2.05, 4.69) is 4.98 Å². The zero-order valence-corrected chi connectivity index (χ0v) is 9.97. The molecule has 0 aliphatic carbocycles. The molecule has 2 rings (SSSR count). The largest absolute Gasteiger partial charge is 0.481 e. The first-order valence-corrected chi connectivity index (χ1v) is 5.72. The van der Waals surface area contributed by atoms with Crippen LogP contribution in [-0.4, -0.2) is 16.1 Å². The minimum absolute atomic E-state index is 0.430. The maximum atomic E-state index is 11.1. The minimum atomic E-state index is -0.771. The van der Waals surface area contributed by atoms with E-state index in [0.717, 1.165) is 22.2 Å². The van der Waals surface area contributed by atoms with Gasteiger partial charge >= 0.3 is 5.97 Å². The van der Waals surface area contributed by atoms with Crippen molar-refractivity contribution in [2.24, 2.45) is 0 Å². The molecule has 0 bridgehead atoms. The lowest BCUT2D eigenvalue weighted by atomic mass is 9.95. The highest BCUT2D eigenvalue weighted by molar-refractivity contribution is 5.83. The van der Waals surface area contributed by atoms with E-state index in [-0.39, 0.29) is 0 Å². The van der Waals surface area contributed by atoms with Crippen LogP contribution in [0.25, 0.3) is 10.9 Å². The summed E-state index contributed by atoms with van der Waals surface area (Å²) in [5.74, 6) is -1.20. The Kier molecular flexibility index (Phi) is 3.09. The van der Waals surface area contributed by atoms with Crippen LogP contribution < -0.4 is 0 Å². The van der Waals surface area contributed by atoms with Crippen LogP contribution in [0.15, 0.2) is 30.3 Å². The van der Waals surface area contributed by atoms with Crippen LogP contribution in [-0.2, 0) is 4.79 Å². The lowest BCUT2D eigenvalue weighted by molar-refractivity contribution is -0.138. The summed E-state index contributed by atoms with van der Waals surface area (Å²) < 4.78 is 0. The standard InChI is InChI=1S/C14H15NO2/c1-3-12(14(16)17)10-6-7-13-11(8-10)5-4-9(2)15-13/h4-8,12H,3H2,1-2H3,(H,16,17). The van der Waals surface area contributed by atoms with Crippen LogP contribution in [0.4, 0.5) is 0 Å². The molecule has 1 aromatic carbocycles. The van der Waals surface area contributed by atoms with E-state index >= 15 is 0 Å². The number of fused-ring (bicyclic) bond motifs is 1. The Balaban J connectivity index is 2.50. The van der Waals surface area contributed by atoms with Crippen molar-refractivity contribution in [3.8, 4) is 0 Å². The lowest BCUT2D eigenvalue weighted by Gasteiger charge is -2.10. The third-order valence-electron chi connectivity index (χ3n) is 2.96. The Labute approximate surface area is 100 Å². The summed E-state index contributed by atoms with van der Waals surface area (Å²) in [6.45, 7) is 3.83. The highest BCUT2D eigenvalue weighted by Crippen LogP contribution is 2.23. The first-order chi connectivity index (χ1) is 8.11. The van der Waals surface area contributed by atoms with Gasteiger partial charge in [-0.25, -0.2) is 0 Å². The molecule has 2 aromatic rings. The van der Waals surface area contributed by atoms with Crippen molar-refractivity contribution in [3.63, 3.8) is 0 Å². The number of aliphatic carboxylic acids is 1. The van der Waals surface area contributed by atoms with E-state index in [0.29, 0.717) is 6.42 Å². The quantitative estimate of drug-likeness (QED) is 0.879. The molecule has 3 nitrogen and oxygen atoms in total. The van der Waals surface area contributed by atoms with Crippen molar-refractivity contribution in [2.75, 3.05) is 0 Å². The van der Waals surface area contributed by atoms with Crippen LogP contribution >= 0.6 is 0 Å². The normalized spacial score (nSPS) is 12.6. The van der Waals surface area contributed by atoms with Gasteiger partial charge in [-0.05, 0) is 37.1 Å². The summed E-state index contributed by atoms with van der Waals surface area (Å²) in [6.07, 6.45) is 0.597. The number of hydrogen-bond donors (Lipinski definition) is 1. The summed E-state index contributed by atoms with van der Waals surface area (Å²) in [4.78, 5) is 15.5. The van der Waals surface area contributed by atoms with Crippen molar-refractivity contribution >= 4 is 16.9 Å². The topological polar surface area (TPSA) is 50.2 Å². The molecule has 0 aliphatic heterocycles. The van der Waals surface area contributed by atoms with Crippen molar-refractivity contribution in [1.82, 2.24) is 4.98 Å². The lowest BCUT2D eigenvalue weighted by Crippen LogP contribution is -2.10. The van der Waals surface area contributed by atoms with Gasteiger partial charge < -0.3 is 5.11 Å². The number of aryl methyl sites for hydroxylation is 1. The second kappa shape index (κ2) is 4.53. The smallest absolute Gasteiger partial charge is 0.310 e. The summed E-state index contributed by atoms with van der Waals surface area (Å²) in [6, 6.07) is 9.59. The van der Waals surface area contributed by atoms with Gasteiger partial charge in [-0.1, -0.05) is 19.1 Å². The monoisotopic (exact) mass is 229 g/mol. The number of carboxylic acids is 1. The Morgan fingerprint density at radius 1 is 1.35 bits per heavy atom. The van der Waals surface area contributed by atoms with Crippen LogP contribution in [0.2, 0.25) is 0 Å². The average molecular weight is 229 g/mol. The van der Waals surface area contributed by atoms with Gasteiger partial charge in [-0.2, -0.15) is 0 Å². The Bertz CT molecular complexity index is 563. The Morgan fingerprint density at radius 3 is 2.76 bits per heavy atom. The van der Waals surface area contributed by atoms with Gasteiger partial charge in [0.25, 0.3) is 0 Å². The van der Waals surface area contributed by atoms with Crippen molar-refractivity contribution < 1.29 is 9.90 Å². The van der Waals surface area contributed by atoms with Crippen LogP contribution in [0.1, 0.15) is 30.5 Å². The van der Waals surface area contributed by atoms with Crippen molar-refractivity contribution in [3.05, 3.63) is 41.6 Å². The van der Waals surface area contributed by atoms with Gasteiger partial charge in [-0.3, -0.25) is 9.78 Å². The number of aromatic nitrogens is 1. The van der Waals surface area contributed by atoms with Crippen molar-refractivity contribution in [1.29, 1.82) is 0 Å². The molecule has 0 amide bonds. The summed E-state index contributed by atoms with van der Waals surface area (Å²) in [7, 11) is 0. The van der Waals surface area contributed by atoms with Gasteiger partial charge in [0, 0.05) is 11.1 Å². The Morgan fingerprint density at radius 2 is 2.12 bits per heavy atom. The molecule has 0 fully saturated rings. The molecule has 1 heterocycles. The third-order valence-corrected chi connectivity index (χ3v) is 2.96. The maximum absolute atomic E-state index is 11.1. The third kappa shape index (κ3) is 2.28. The number of pyridine rings is 1. The fraction of sp³-hybridized carbons (Fsp3) is 0.286. The number of hydrogen-bond acceptors (Lipinski definition) is 2. The molecule has 3 heteroatoms. The first-order valence-electron chi connectivity index (χ1n) is 5.72. The fourth-order valence-corrected chi connectivity index (χ4v) is 2.02. The van der Waals surface area contributed by atoms with Crippen LogP contribution in [0.5, 0.6) is 0 Å². The van der Waals surface area contributed by atoms with E-state index in [9.17, 15) is 4.79 Å². The van der Waals surface area contributed by atoms with Gasteiger partial charge in [0.1, 0.15) is 0 Å². The first kappa shape index (κ1) is 11.6. The molecule has 0 radical (unpaired) electrons. The Hall–Kier alpha value is -1.90. The highest BCUT2D eigenvalue weighted by Gasteiger charge is 2.17. The molecule has 1 aromatic heterocycles. The molecule has 88 valence electrons. The fourth-order valence-electron chi connectivity index (χ4n) is 2.02. The number of carbonyl (C=O) groups is 1. The summed E-state index contributed by atoms with van der Waals surface area (Å²) >= 11 is 0. The molecule has 1 N–H and O–H groups in total. The van der Waals surface area contributed by atoms with Gasteiger partial charge in [-0.15, -0.1) is 0 Å². The number of rotatable bonds is 3. The number of benzene rings is 1. The predicted molar refractivity (Wildman–Crippen MR) is 67.1 cm³/mol. The van der Waals surface area contributed by atoms with E-state index in [4.69, 9.17) is 5.11 Å². The van der Waals surface area contributed by atoms with Crippen molar-refractivity contribution in [2.45, 2.75) is 26.2 Å². The molecule has 0 aliphatic rings. The molecule has 0 saturated heterocycles. The molecule has 1 atom stereocenters. The average Bonchev–Trinajstić information content (AvgIpc) is 2.29. The molecule has 0 saturated carbocycles. The predicted octanol–water partition coefficient (Wildman–Crippen LogP) is 3.12. The van der Waals surface area contributed by atoms with E-state index in [1.54, 1.807) is 0 Å². The van der Waals surface area contributed by atoms with Gasteiger partial charge in [0.15, 0.2) is 0 Å². The SMILES string of the molecule is CCC(C(=O)O)c1ccc2nc(C)ccc2c1. The summed E-state index contributed by atoms with van der Waals surface area (Å²) in [5.41, 5.74) is 2.72. The maximum Gasteiger partial charge on any atom is 0.310 e. The second-order valence-electron chi connectivity index (χ2n) is 4.20. The molecule has 0 spiro atoms. The number of carboxylic acid groups (broad SMARTS) is 1. The molecule has 1 unspecified atom stereocenters. The minimum Gasteiger partial charge on any atom is -0.481 e. The summed E-state index contributed by atoms with van der Waals surface area (Å²) in [5, 5.41) is 10.1. The van der Waals surface area contributed by atoms with Crippen LogP contribution in [0, 0.1) is 6.92 Å². The molecular weight excluding hydrogens is 214 g/mol. The van der Waals surface area contributed by atoms with E-state index in [1.807, 2.05) is 44.2 Å². The van der Waals surface area contributed by atoms with E-state index in [1.165, 1.54) is 0 Å².